The number of alkyl halides is 3. The molecule has 90 heavy (non-hydrogen) atoms. The summed E-state index contributed by atoms with van der Waals surface area (Å²) in [5.41, 5.74) is -0.844. The van der Waals surface area contributed by atoms with E-state index in [-0.39, 0.29) is 110 Å². The maximum absolute atomic E-state index is 14.6. The van der Waals surface area contributed by atoms with Crippen molar-refractivity contribution in [2.75, 3.05) is 215 Å². The second kappa shape index (κ2) is 41.7. The molecule has 4 N–H and O–H groups in total. The number of aliphatic hydroxyl groups excluding tert-OH is 1. The van der Waals surface area contributed by atoms with Crippen LogP contribution < -0.4 is 14.4 Å². The number of amides is 1. The molecule has 0 saturated carbocycles. The topological polar surface area (TPSA) is 311 Å². The standard InChI is InChI=1S/C58H82ClF3N8O17S.CH4O/c1-57(2)7-9-70(50-6-4-3-5-48(50)57)88(77,78)52-38-46(47-41-65-53(58(60,61)62)37-45(47)40-63)49(59)39-51(52)87-36-35-86-34-33-85-32-31-84-30-29-83-28-27-82-26-25-81-24-23-80-22-21-79-20-8-64-54(72)42-67-12-10-66(18-19-71)11-13-68(43-55(73)74)16-17-69(15-14-67)44-56(75)76;1-2/h3-6,19,37-39,41H,7-18,20-36,42-44H2,1-2H3,(H,64,72)(H,73,74)(H,75,76);2H,1H3. The molecule has 0 radical (unpaired) electrons. The van der Waals surface area contributed by atoms with Gasteiger partial charge >= 0.3 is 18.1 Å². The van der Waals surface area contributed by atoms with Crippen molar-refractivity contribution in [3.63, 3.8) is 0 Å². The predicted molar refractivity (Wildman–Crippen MR) is 323 cm³/mol. The van der Waals surface area contributed by atoms with E-state index in [9.17, 15) is 56.2 Å². The highest BCUT2D eigenvalue weighted by Gasteiger charge is 2.39. The SMILES string of the molecule is CC1(C)CCN(S(=O)(=O)c2cc(-c3cnc(C(F)(F)F)cc3C#N)c(Cl)cc2OCCOCCOCCOCCOCCOCCOCCOCCOCCNC(=O)CN2CCN(CC=O)CCN(CC(=O)O)CCN(CC(=O)O)CC2)c2ccccc21.CO. The number of carbonyl (C=O) groups excluding carboxylic acids is 2. The fourth-order valence-corrected chi connectivity index (χ4v) is 11.2. The smallest absolute Gasteiger partial charge is 0.433 e. The number of nitrogens with one attached hydrogen (secondary N) is 1. The molecule has 26 nitrogen and oxygen atoms in total. The van der Waals surface area contributed by atoms with E-state index >= 15 is 0 Å². The third-order valence-electron chi connectivity index (χ3n) is 14.1. The van der Waals surface area contributed by atoms with Crippen molar-refractivity contribution in [3.05, 3.63) is 70.5 Å². The number of benzene rings is 2. The number of fused-ring (bicyclic) bond motifs is 1. The van der Waals surface area contributed by atoms with Crippen LogP contribution in [-0.2, 0) is 78.7 Å². The van der Waals surface area contributed by atoms with Crippen LogP contribution in [0.4, 0.5) is 18.9 Å². The minimum atomic E-state index is -4.82. The van der Waals surface area contributed by atoms with Crippen LogP contribution in [0.3, 0.4) is 0 Å². The number of rotatable bonds is 39. The summed E-state index contributed by atoms with van der Waals surface area (Å²) in [4.78, 5) is 57.6. The number of sulfonamides is 1. The summed E-state index contributed by atoms with van der Waals surface area (Å²) in [6, 6.07) is 11.9. The van der Waals surface area contributed by atoms with Gasteiger partial charge in [0.2, 0.25) is 5.91 Å². The molecule has 0 spiro atoms. The van der Waals surface area contributed by atoms with Crippen molar-refractivity contribution < 1.29 is 98.7 Å². The maximum Gasteiger partial charge on any atom is 0.433 e. The lowest BCUT2D eigenvalue weighted by atomic mass is 9.78. The van der Waals surface area contributed by atoms with E-state index in [0.29, 0.717) is 150 Å². The van der Waals surface area contributed by atoms with Crippen LogP contribution in [-0.4, -0.2) is 284 Å². The third kappa shape index (κ3) is 27.6. The number of para-hydroxylation sites is 1. The number of halogens is 4. The quantitative estimate of drug-likeness (QED) is 0.0471. The molecule has 0 bridgehead atoms. The molecule has 5 rings (SSSR count). The lowest BCUT2D eigenvalue weighted by Crippen LogP contribution is -2.49. The van der Waals surface area contributed by atoms with Gasteiger partial charge < -0.3 is 68.1 Å². The van der Waals surface area contributed by atoms with E-state index in [0.717, 1.165) is 25.2 Å². The number of hydrogen-bond donors (Lipinski definition) is 4. The summed E-state index contributed by atoms with van der Waals surface area (Å²) < 4.78 is 122. The zero-order chi connectivity index (χ0) is 65.8. The number of anilines is 1. The second-order valence-electron chi connectivity index (χ2n) is 20.9. The number of hydrogen-bond acceptors (Lipinski definition) is 22. The molecule has 3 heterocycles. The molecule has 1 fully saturated rings. The predicted octanol–water partition coefficient (Wildman–Crippen LogP) is 3.00. The Balaban J connectivity index is 0.00000856. The lowest BCUT2D eigenvalue weighted by molar-refractivity contribution is -0.141. The fraction of sp³-hybridized carbons (Fsp3) is 0.627. The van der Waals surface area contributed by atoms with Crippen LogP contribution in [0.1, 0.15) is 37.1 Å². The molecule has 1 saturated heterocycles. The normalized spacial score (nSPS) is 15.6. The third-order valence-corrected chi connectivity index (χ3v) is 16.2. The van der Waals surface area contributed by atoms with Gasteiger partial charge in [0.25, 0.3) is 10.0 Å². The number of ether oxygens (including phenoxy) is 9. The van der Waals surface area contributed by atoms with Crippen molar-refractivity contribution in [3.8, 4) is 22.9 Å². The molecular formula is C59H86ClF3N8O18S. The highest BCUT2D eigenvalue weighted by atomic mass is 35.5. The Labute approximate surface area is 528 Å². The second-order valence-corrected chi connectivity index (χ2v) is 23.2. The molecule has 0 unspecified atom stereocenters. The molecule has 2 aliphatic heterocycles. The monoisotopic (exact) mass is 1320 g/mol. The number of aliphatic hydroxyl groups is 1. The van der Waals surface area contributed by atoms with E-state index in [1.807, 2.05) is 35.8 Å². The molecule has 31 heteroatoms. The van der Waals surface area contributed by atoms with Gasteiger partial charge in [-0.25, -0.2) is 8.42 Å². The Morgan fingerprint density at radius 1 is 0.667 bits per heavy atom. The maximum atomic E-state index is 14.6. The number of carboxylic acid groups (broad SMARTS) is 2. The Morgan fingerprint density at radius 3 is 1.57 bits per heavy atom. The summed E-state index contributed by atoms with van der Waals surface area (Å²) in [6.07, 6.45) is -2.69. The molecule has 0 aliphatic carbocycles. The number of nitrogens with zero attached hydrogens (tertiary/aromatic N) is 7. The average Bonchev–Trinajstić information content (AvgIpc) is 0.782. The van der Waals surface area contributed by atoms with E-state index < -0.39 is 39.4 Å². The molecule has 1 amide bonds. The van der Waals surface area contributed by atoms with Gasteiger partial charge in [-0.15, -0.1) is 0 Å². The zero-order valence-corrected chi connectivity index (χ0v) is 52.9. The zero-order valence-electron chi connectivity index (χ0n) is 51.3. The number of carbonyl (C=O) groups is 4. The van der Waals surface area contributed by atoms with E-state index in [4.69, 9.17) is 59.3 Å². The molecule has 1 aromatic heterocycles. The van der Waals surface area contributed by atoms with Gasteiger partial charge in [0.15, 0.2) is 0 Å². The summed E-state index contributed by atoms with van der Waals surface area (Å²) in [6.45, 7) is 12.3. The van der Waals surface area contributed by atoms with Crippen LogP contribution in [0.25, 0.3) is 11.1 Å². The molecule has 0 atom stereocenters. The summed E-state index contributed by atoms with van der Waals surface area (Å²) >= 11 is 6.66. The average molecular weight is 1320 g/mol. The minimum absolute atomic E-state index is 0.0228. The van der Waals surface area contributed by atoms with Crippen molar-refractivity contribution in [1.82, 2.24) is 29.9 Å². The molecule has 2 aliphatic rings. The van der Waals surface area contributed by atoms with Crippen LogP contribution >= 0.6 is 11.6 Å². The van der Waals surface area contributed by atoms with Crippen LogP contribution in [0.2, 0.25) is 5.02 Å². The number of aromatic nitrogens is 1. The molecule has 2 aromatic carbocycles. The lowest BCUT2D eigenvalue weighted by Gasteiger charge is -2.39. The number of aliphatic carboxylic acids is 2. The molecular weight excluding hydrogens is 1230 g/mol. The van der Waals surface area contributed by atoms with Gasteiger partial charge in [-0.05, 0) is 35.6 Å². The van der Waals surface area contributed by atoms with Crippen LogP contribution in [0.15, 0.2) is 53.6 Å². The number of nitriles is 1. The van der Waals surface area contributed by atoms with E-state index in [1.165, 1.54) is 16.4 Å². The van der Waals surface area contributed by atoms with Gasteiger partial charge in [0.05, 0.1) is 154 Å². The van der Waals surface area contributed by atoms with E-state index in [1.54, 1.807) is 28.0 Å². The first-order valence-electron chi connectivity index (χ1n) is 29.4. The van der Waals surface area contributed by atoms with Crippen LogP contribution in [0, 0.1) is 11.3 Å². The Kier molecular flexibility index (Phi) is 35.5. The van der Waals surface area contributed by atoms with Crippen molar-refractivity contribution in [1.29, 1.82) is 5.26 Å². The van der Waals surface area contributed by atoms with Crippen molar-refractivity contribution in [2.24, 2.45) is 0 Å². The number of aldehydes is 1. The first-order chi connectivity index (χ1) is 43.2. The minimum Gasteiger partial charge on any atom is -0.490 e. The van der Waals surface area contributed by atoms with Gasteiger partial charge in [0, 0.05) is 95.9 Å². The fourth-order valence-electron chi connectivity index (χ4n) is 9.34. The Morgan fingerprint density at radius 2 is 1.11 bits per heavy atom. The van der Waals surface area contributed by atoms with Crippen molar-refractivity contribution >= 4 is 51.4 Å². The summed E-state index contributed by atoms with van der Waals surface area (Å²) in [7, 11) is -3.40. The highest BCUT2D eigenvalue weighted by molar-refractivity contribution is 7.93. The number of pyridine rings is 1. The van der Waals surface area contributed by atoms with Crippen LogP contribution in [0.5, 0.6) is 5.75 Å². The number of carboxylic acids is 2. The van der Waals surface area contributed by atoms with Gasteiger partial charge in [-0.3, -0.25) is 43.3 Å². The first kappa shape index (κ1) is 76.7. The molecule has 504 valence electrons. The van der Waals surface area contributed by atoms with Gasteiger partial charge in [0.1, 0.15) is 29.2 Å². The Hall–Kier alpha value is -5.73. The van der Waals surface area contributed by atoms with Gasteiger partial charge in [-0.1, -0.05) is 43.6 Å². The summed E-state index contributed by atoms with van der Waals surface area (Å²) in [5, 5.41) is 38.4. The molecule has 3 aromatic rings. The highest BCUT2D eigenvalue weighted by Crippen LogP contribution is 2.45. The first-order valence-corrected chi connectivity index (χ1v) is 31.2. The Bertz CT molecular complexity index is 2810. The van der Waals surface area contributed by atoms with E-state index in [2.05, 4.69) is 10.3 Å². The summed E-state index contributed by atoms with van der Waals surface area (Å²) in [5.74, 6) is -2.34. The van der Waals surface area contributed by atoms with Gasteiger partial charge in [-0.2, -0.15) is 18.4 Å². The largest absolute Gasteiger partial charge is 0.490 e. The van der Waals surface area contributed by atoms with Crippen molar-refractivity contribution in [2.45, 2.75) is 36.8 Å².